The molecule has 2 saturated heterocycles. The highest BCUT2D eigenvalue weighted by atomic mass is 35.5. The van der Waals surface area contributed by atoms with Crippen LogP contribution in [0.1, 0.15) is 54.4 Å². The first-order chi connectivity index (χ1) is 26.3. The molecular formula is C42H48ClN7O4. The van der Waals surface area contributed by atoms with Crippen LogP contribution >= 0.6 is 11.6 Å². The van der Waals surface area contributed by atoms with E-state index in [4.69, 9.17) is 31.0 Å². The van der Waals surface area contributed by atoms with Gasteiger partial charge < -0.3 is 29.3 Å². The van der Waals surface area contributed by atoms with Gasteiger partial charge in [0.15, 0.2) is 6.29 Å². The summed E-state index contributed by atoms with van der Waals surface area (Å²) in [6, 6.07) is 22.5. The largest absolute Gasteiger partial charge is 0.462 e. The Morgan fingerprint density at radius 1 is 1.09 bits per heavy atom. The van der Waals surface area contributed by atoms with Crippen LogP contribution in [0.15, 0.2) is 73.3 Å². The topological polar surface area (TPSA) is 118 Å². The number of benzene rings is 3. The van der Waals surface area contributed by atoms with Crippen LogP contribution in [-0.2, 0) is 22.5 Å². The highest BCUT2D eigenvalue weighted by Gasteiger charge is 2.34. The van der Waals surface area contributed by atoms with Crippen LogP contribution in [0.4, 0.5) is 11.5 Å². The molecule has 0 bridgehead atoms. The molecule has 3 aliphatic heterocycles. The number of hydrogen-bond acceptors (Lipinski definition) is 10. The third-order valence-electron chi connectivity index (χ3n) is 10.9. The van der Waals surface area contributed by atoms with Crippen molar-refractivity contribution >= 4 is 39.8 Å². The first-order valence-corrected chi connectivity index (χ1v) is 19.3. The third-order valence-corrected chi connectivity index (χ3v) is 11.2. The van der Waals surface area contributed by atoms with E-state index in [1.165, 1.54) is 6.08 Å². The van der Waals surface area contributed by atoms with Crippen molar-refractivity contribution < 1.29 is 19.4 Å². The lowest BCUT2D eigenvalue weighted by atomic mass is 10.0. The summed E-state index contributed by atoms with van der Waals surface area (Å²) < 4.78 is 12.2. The zero-order valence-corrected chi connectivity index (χ0v) is 31.6. The maximum Gasteiger partial charge on any atom is 0.318 e. The number of anilines is 2. The Kier molecular flexibility index (Phi) is 11.9. The highest BCUT2D eigenvalue weighted by Crippen LogP contribution is 2.37. The van der Waals surface area contributed by atoms with E-state index in [2.05, 4.69) is 51.6 Å². The molecule has 1 unspecified atom stereocenters. The van der Waals surface area contributed by atoms with Gasteiger partial charge in [-0.05, 0) is 62.7 Å². The number of fused-ring (bicyclic) bond motifs is 2. The predicted octanol–water partition coefficient (Wildman–Crippen LogP) is 6.21. The zero-order chi connectivity index (χ0) is 37.6. The number of aryl methyl sites for hydroxylation is 1. The van der Waals surface area contributed by atoms with E-state index in [1.54, 1.807) is 4.90 Å². The number of piperazine rings is 1. The van der Waals surface area contributed by atoms with E-state index < -0.39 is 6.29 Å². The number of rotatable bonds is 13. The Balaban J connectivity index is 1.08. The van der Waals surface area contributed by atoms with Crippen molar-refractivity contribution in [3.05, 3.63) is 101 Å². The minimum absolute atomic E-state index is 0.164. The van der Waals surface area contributed by atoms with Crippen molar-refractivity contribution in [2.75, 3.05) is 62.3 Å². The number of carbonyl (C=O) groups excluding carboxylic acids is 1. The van der Waals surface area contributed by atoms with Crippen LogP contribution in [0.3, 0.4) is 0 Å². The van der Waals surface area contributed by atoms with Crippen LogP contribution < -0.4 is 14.5 Å². The Hall–Kier alpha value is -4.73. The summed E-state index contributed by atoms with van der Waals surface area (Å²) in [6.07, 6.45) is 4.20. The maximum absolute atomic E-state index is 12.7. The van der Waals surface area contributed by atoms with Gasteiger partial charge in [-0.15, -0.1) is 0 Å². The summed E-state index contributed by atoms with van der Waals surface area (Å²) in [7, 11) is 0. The third kappa shape index (κ3) is 8.32. The van der Waals surface area contributed by atoms with Crippen LogP contribution in [0, 0.1) is 18.3 Å². The molecule has 3 aromatic carbocycles. The van der Waals surface area contributed by atoms with Crippen molar-refractivity contribution in [1.29, 1.82) is 5.26 Å². The van der Waals surface area contributed by atoms with Gasteiger partial charge in [-0.25, -0.2) is 0 Å². The first-order valence-electron chi connectivity index (χ1n) is 18.9. The van der Waals surface area contributed by atoms with E-state index in [0.29, 0.717) is 50.4 Å². The molecule has 7 rings (SSSR count). The van der Waals surface area contributed by atoms with Crippen molar-refractivity contribution in [1.82, 2.24) is 19.8 Å². The second kappa shape index (κ2) is 17.2. The van der Waals surface area contributed by atoms with E-state index in [1.807, 2.05) is 43.3 Å². The number of carbonyl (C=O) groups is 1. The molecule has 3 aliphatic rings. The number of amides is 1. The second-order valence-corrected chi connectivity index (χ2v) is 14.8. The summed E-state index contributed by atoms with van der Waals surface area (Å²) >= 11 is 6.76. The smallest absolute Gasteiger partial charge is 0.318 e. The molecule has 11 nitrogen and oxygen atoms in total. The van der Waals surface area contributed by atoms with E-state index in [9.17, 15) is 15.2 Å². The van der Waals surface area contributed by atoms with Crippen LogP contribution in [0.2, 0.25) is 5.02 Å². The van der Waals surface area contributed by atoms with Gasteiger partial charge in [-0.1, -0.05) is 72.3 Å². The van der Waals surface area contributed by atoms with Gasteiger partial charge >= 0.3 is 6.01 Å². The van der Waals surface area contributed by atoms with Gasteiger partial charge in [0.1, 0.15) is 12.4 Å². The molecule has 12 heteroatoms. The molecule has 1 N–H and O–H groups in total. The number of halogens is 1. The molecule has 3 atom stereocenters. The molecule has 1 aromatic heterocycles. The number of nitriles is 1. The molecule has 4 aromatic rings. The molecule has 1 amide bonds. The summed E-state index contributed by atoms with van der Waals surface area (Å²) in [6.45, 7) is 11.2. The lowest BCUT2D eigenvalue weighted by Gasteiger charge is -2.42. The maximum atomic E-state index is 12.7. The van der Waals surface area contributed by atoms with Gasteiger partial charge in [0.25, 0.3) is 0 Å². The lowest BCUT2D eigenvalue weighted by molar-refractivity contribution is -0.128. The SMILES string of the molecule is C=CC(=O)N1CCN(c2nc(OC[C@@H]3CCCN3CCCOC(O)c3cccc(C)c3)nc3c2CCN(c2cccc4cccc(Cl)c24)C3)C[C@@H]1CC#N. The number of likely N-dealkylation sites (tertiary alicyclic amines) is 1. The molecular weight excluding hydrogens is 702 g/mol. The van der Waals surface area contributed by atoms with Crippen molar-refractivity contribution in [2.45, 2.75) is 63.9 Å². The summed E-state index contributed by atoms with van der Waals surface area (Å²) in [5.74, 6) is 0.648. The number of nitrogens with zero attached hydrogens (tertiary/aromatic N) is 7. The monoisotopic (exact) mass is 749 g/mol. The number of aliphatic hydroxyl groups is 1. The first kappa shape index (κ1) is 37.6. The molecule has 54 heavy (non-hydrogen) atoms. The Labute approximate surface area is 322 Å². The van der Waals surface area contributed by atoms with Gasteiger partial charge in [0.05, 0.1) is 42.4 Å². The quantitative estimate of drug-likeness (QED) is 0.0961. The van der Waals surface area contributed by atoms with Gasteiger partial charge in [-0.3, -0.25) is 9.69 Å². The van der Waals surface area contributed by atoms with Crippen molar-refractivity contribution in [2.24, 2.45) is 0 Å². The van der Waals surface area contributed by atoms with Gasteiger partial charge in [0.2, 0.25) is 5.91 Å². The van der Waals surface area contributed by atoms with E-state index in [-0.39, 0.29) is 24.4 Å². The number of hydrogen-bond donors (Lipinski definition) is 1. The number of aromatic nitrogens is 2. The Morgan fingerprint density at radius 3 is 2.74 bits per heavy atom. The predicted molar refractivity (Wildman–Crippen MR) is 211 cm³/mol. The minimum Gasteiger partial charge on any atom is -0.462 e. The fourth-order valence-electron chi connectivity index (χ4n) is 8.13. The van der Waals surface area contributed by atoms with Gasteiger partial charge in [-0.2, -0.15) is 15.2 Å². The van der Waals surface area contributed by atoms with E-state index >= 15 is 0 Å². The van der Waals surface area contributed by atoms with Crippen LogP contribution in [-0.4, -0.2) is 95.3 Å². The molecule has 282 valence electrons. The molecule has 2 fully saturated rings. The fourth-order valence-corrected chi connectivity index (χ4v) is 8.41. The highest BCUT2D eigenvalue weighted by molar-refractivity contribution is 6.36. The summed E-state index contributed by atoms with van der Waals surface area (Å²) in [5, 5.41) is 23.0. The fraction of sp³-hybridized carbons (Fsp3) is 0.429. The van der Waals surface area contributed by atoms with Crippen LogP contribution in [0.5, 0.6) is 6.01 Å². The molecule has 0 aliphatic carbocycles. The Bertz CT molecular complexity index is 2020. The average Bonchev–Trinajstić information content (AvgIpc) is 3.65. The van der Waals surface area contributed by atoms with Gasteiger partial charge in [0, 0.05) is 61.0 Å². The van der Waals surface area contributed by atoms with Crippen LogP contribution in [0.25, 0.3) is 10.8 Å². The summed E-state index contributed by atoms with van der Waals surface area (Å²) in [4.78, 5) is 31.5. The molecule has 4 heterocycles. The minimum atomic E-state index is -0.938. The standard InChI is InChI=1S/C42H48ClN7O4/c1-3-38(51)50-23-22-49(26-32(50)16-18-44)40-34-17-21-48(37-15-6-11-30-10-5-14-35(43)39(30)37)27-36(34)45-42(46-40)54-28-33-13-7-19-47(33)20-8-24-53-41(52)31-12-4-9-29(2)25-31/h3-6,9-12,14-15,25,32-33,41,52H,1,7-8,13,16-17,19-24,26-28H2,2H3/t32-,33-,41?/m0/s1. The zero-order valence-electron chi connectivity index (χ0n) is 30.9. The van der Waals surface area contributed by atoms with E-state index in [0.717, 1.165) is 90.0 Å². The molecule has 0 saturated carbocycles. The average molecular weight is 750 g/mol. The molecule has 0 spiro atoms. The molecule has 0 radical (unpaired) electrons. The lowest BCUT2D eigenvalue weighted by Crippen LogP contribution is -2.55. The normalized spacial score (nSPS) is 19.4. The number of aliphatic hydroxyl groups excluding tert-OH is 1. The second-order valence-electron chi connectivity index (χ2n) is 14.4. The Morgan fingerprint density at radius 2 is 1.93 bits per heavy atom. The number of ether oxygens (including phenoxy) is 2. The van der Waals surface area contributed by atoms with Crippen molar-refractivity contribution in [3.8, 4) is 12.1 Å². The van der Waals surface area contributed by atoms with Crippen molar-refractivity contribution in [3.63, 3.8) is 0 Å². The summed E-state index contributed by atoms with van der Waals surface area (Å²) in [5.41, 5.74) is 4.89.